The van der Waals surface area contributed by atoms with Crippen molar-refractivity contribution in [3.63, 3.8) is 0 Å². The number of likely N-dealkylation sites (tertiary alicyclic amines) is 1. The smallest absolute Gasteiger partial charge is 0.0632 e. The van der Waals surface area contributed by atoms with Gasteiger partial charge in [-0.3, -0.25) is 4.68 Å². The van der Waals surface area contributed by atoms with Crippen LogP contribution in [0, 0.1) is 0 Å². The van der Waals surface area contributed by atoms with Gasteiger partial charge >= 0.3 is 0 Å². The molecule has 1 aromatic rings. The number of rotatable bonds is 2. The van der Waals surface area contributed by atoms with Crippen molar-refractivity contribution in [3.05, 3.63) is 16.9 Å². The van der Waals surface area contributed by atoms with Crippen molar-refractivity contribution >= 4 is 15.9 Å². The molecule has 3 nitrogen and oxygen atoms in total. The SMILES string of the molecule is CC(C)N1CCC(n2cc(Br)cn2)CC1. The van der Waals surface area contributed by atoms with E-state index in [1.807, 2.05) is 6.20 Å². The van der Waals surface area contributed by atoms with Crippen LogP contribution in [-0.2, 0) is 0 Å². The van der Waals surface area contributed by atoms with Crippen molar-refractivity contribution in [2.45, 2.75) is 38.8 Å². The van der Waals surface area contributed by atoms with Crippen LogP contribution in [0.15, 0.2) is 16.9 Å². The van der Waals surface area contributed by atoms with Crippen LogP contribution >= 0.6 is 15.9 Å². The lowest BCUT2D eigenvalue weighted by molar-refractivity contribution is 0.147. The minimum absolute atomic E-state index is 0.589. The quantitative estimate of drug-likeness (QED) is 0.825. The minimum Gasteiger partial charge on any atom is -0.301 e. The lowest BCUT2D eigenvalue weighted by Gasteiger charge is -2.34. The average Bonchev–Trinajstić information content (AvgIpc) is 2.65. The molecule has 1 fully saturated rings. The van der Waals surface area contributed by atoms with Gasteiger partial charge in [0.25, 0.3) is 0 Å². The second-order valence-electron chi connectivity index (χ2n) is 4.50. The van der Waals surface area contributed by atoms with E-state index in [-0.39, 0.29) is 0 Å². The Labute approximate surface area is 99.6 Å². The fourth-order valence-corrected chi connectivity index (χ4v) is 2.48. The maximum Gasteiger partial charge on any atom is 0.0632 e. The highest BCUT2D eigenvalue weighted by molar-refractivity contribution is 9.10. The molecule has 1 aliphatic rings. The molecule has 15 heavy (non-hydrogen) atoms. The van der Waals surface area contributed by atoms with Gasteiger partial charge in [-0.2, -0.15) is 5.10 Å². The predicted octanol–water partition coefficient (Wildman–Crippen LogP) is 2.69. The molecule has 0 spiro atoms. The molecular formula is C11H18BrN3. The van der Waals surface area contributed by atoms with Gasteiger partial charge in [-0.05, 0) is 42.6 Å². The fourth-order valence-electron chi connectivity index (χ4n) is 2.18. The molecule has 1 aliphatic heterocycles. The highest BCUT2D eigenvalue weighted by atomic mass is 79.9. The Morgan fingerprint density at radius 2 is 2.07 bits per heavy atom. The lowest BCUT2D eigenvalue weighted by atomic mass is 10.0. The van der Waals surface area contributed by atoms with Gasteiger partial charge in [-0.25, -0.2) is 0 Å². The Morgan fingerprint density at radius 1 is 1.40 bits per heavy atom. The first-order valence-electron chi connectivity index (χ1n) is 5.60. The van der Waals surface area contributed by atoms with E-state index < -0.39 is 0 Å². The maximum absolute atomic E-state index is 4.36. The number of halogens is 1. The summed E-state index contributed by atoms with van der Waals surface area (Å²) in [6, 6.07) is 1.27. The van der Waals surface area contributed by atoms with Gasteiger partial charge in [0.15, 0.2) is 0 Å². The molecule has 0 saturated carbocycles. The highest BCUT2D eigenvalue weighted by Crippen LogP contribution is 2.24. The highest BCUT2D eigenvalue weighted by Gasteiger charge is 2.22. The van der Waals surface area contributed by atoms with E-state index in [2.05, 4.69) is 50.7 Å². The van der Waals surface area contributed by atoms with E-state index in [0.29, 0.717) is 12.1 Å². The first kappa shape index (κ1) is 11.1. The summed E-state index contributed by atoms with van der Waals surface area (Å²) in [6.07, 6.45) is 6.38. The van der Waals surface area contributed by atoms with Crippen LogP contribution < -0.4 is 0 Å². The molecule has 0 unspecified atom stereocenters. The molecule has 0 radical (unpaired) electrons. The van der Waals surface area contributed by atoms with Gasteiger partial charge in [0.2, 0.25) is 0 Å². The summed E-state index contributed by atoms with van der Waals surface area (Å²) in [6.45, 7) is 6.93. The van der Waals surface area contributed by atoms with Gasteiger partial charge in [0, 0.05) is 25.3 Å². The second kappa shape index (κ2) is 4.66. The van der Waals surface area contributed by atoms with E-state index >= 15 is 0 Å². The van der Waals surface area contributed by atoms with E-state index in [1.54, 1.807) is 0 Å². The number of hydrogen-bond donors (Lipinski definition) is 0. The first-order chi connectivity index (χ1) is 7.16. The summed E-state index contributed by atoms with van der Waals surface area (Å²) in [7, 11) is 0. The molecular weight excluding hydrogens is 254 g/mol. The zero-order valence-electron chi connectivity index (χ0n) is 9.36. The van der Waals surface area contributed by atoms with E-state index in [1.165, 1.54) is 25.9 Å². The van der Waals surface area contributed by atoms with E-state index in [4.69, 9.17) is 0 Å². The van der Waals surface area contributed by atoms with Gasteiger partial charge in [0.05, 0.1) is 16.7 Å². The third-order valence-corrected chi connectivity index (χ3v) is 3.58. The molecule has 0 atom stereocenters. The van der Waals surface area contributed by atoms with Crippen molar-refractivity contribution < 1.29 is 0 Å². The number of hydrogen-bond acceptors (Lipinski definition) is 2. The minimum atomic E-state index is 0.589. The normalized spacial score (nSPS) is 20.0. The van der Waals surface area contributed by atoms with Crippen molar-refractivity contribution in [3.8, 4) is 0 Å². The zero-order valence-corrected chi connectivity index (χ0v) is 10.9. The molecule has 84 valence electrons. The topological polar surface area (TPSA) is 21.1 Å². The van der Waals surface area contributed by atoms with E-state index in [0.717, 1.165) is 4.47 Å². The van der Waals surface area contributed by atoms with E-state index in [9.17, 15) is 0 Å². The van der Waals surface area contributed by atoms with Crippen LogP contribution in [-0.4, -0.2) is 33.8 Å². The van der Waals surface area contributed by atoms with Crippen LogP contribution in [0.5, 0.6) is 0 Å². The largest absolute Gasteiger partial charge is 0.301 e. The fraction of sp³-hybridized carbons (Fsp3) is 0.727. The van der Waals surface area contributed by atoms with Crippen LogP contribution in [0.2, 0.25) is 0 Å². The standard InChI is InChI=1S/C11H18BrN3/c1-9(2)14-5-3-11(4-6-14)15-8-10(12)7-13-15/h7-9,11H,3-6H2,1-2H3. The molecule has 0 N–H and O–H groups in total. The van der Waals surface area contributed by atoms with Gasteiger partial charge in [-0.15, -0.1) is 0 Å². The average molecular weight is 272 g/mol. The summed E-state index contributed by atoms with van der Waals surface area (Å²) in [4.78, 5) is 2.54. The third kappa shape index (κ3) is 2.61. The Balaban J connectivity index is 1.93. The molecule has 0 aromatic carbocycles. The summed E-state index contributed by atoms with van der Waals surface area (Å²) in [5, 5.41) is 4.36. The Morgan fingerprint density at radius 3 is 2.53 bits per heavy atom. The summed E-state index contributed by atoms with van der Waals surface area (Å²) >= 11 is 3.44. The van der Waals surface area contributed by atoms with Gasteiger partial charge in [-0.1, -0.05) is 0 Å². The second-order valence-corrected chi connectivity index (χ2v) is 5.42. The summed E-state index contributed by atoms with van der Waals surface area (Å²) < 4.78 is 3.18. The van der Waals surface area contributed by atoms with Crippen LogP contribution in [0.3, 0.4) is 0 Å². The summed E-state index contributed by atoms with van der Waals surface area (Å²) in [5.41, 5.74) is 0. The third-order valence-electron chi connectivity index (χ3n) is 3.17. The molecule has 2 heterocycles. The number of nitrogens with zero attached hydrogens (tertiary/aromatic N) is 3. The molecule has 0 aliphatic carbocycles. The molecule has 1 aromatic heterocycles. The van der Waals surface area contributed by atoms with Crippen LogP contribution in [0.1, 0.15) is 32.7 Å². The maximum atomic E-state index is 4.36. The number of aromatic nitrogens is 2. The van der Waals surface area contributed by atoms with Crippen LogP contribution in [0.25, 0.3) is 0 Å². The van der Waals surface area contributed by atoms with Crippen LogP contribution in [0.4, 0.5) is 0 Å². The van der Waals surface area contributed by atoms with Crippen molar-refractivity contribution in [2.24, 2.45) is 0 Å². The van der Waals surface area contributed by atoms with Crippen molar-refractivity contribution in [2.75, 3.05) is 13.1 Å². The lowest BCUT2D eigenvalue weighted by Crippen LogP contribution is -2.39. The Bertz CT molecular complexity index is 313. The Hall–Kier alpha value is -0.350. The van der Waals surface area contributed by atoms with Gasteiger partial charge in [0.1, 0.15) is 0 Å². The molecule has 0 bridgehead atoms. The molecule has 2 rings (SSSR count). The zero-order chi connectivity index (χ0) is 10.8. The monoisotopic (exact) mass is 271 g/mol. The van der Waals surface area contributed by atoms with Crippen molar-refractivity contribution in [1.29, 1.82) is 0 Å². The molecule has 1 saturated heterocycles. The predicted molar refractivity (Wildman–Crippen MR) is 64.9 cm³/mol. The Kier molecular flexibility index (Phi) is 3.46. The molecule has 4 heteroatoms. The number of piperidine rings is 1. The first-order valence-corrected chi connectivity index (χ1v) is 6.40. The molecule has 0 amide bonds. The van der Waals surface area contributed by atoms with Gasteiger partial charge < -0.3 is 4.90 Å². The summed E-state index contributed by atoms with van der Waals surface area (Å²) in [5.74, 6) is 0. The van der Waals surface area contributed by atoms with Crippen molar-refractivity contribution in [1.82, 2.24) is 14.7 Å².